The topological polar surface area (TPSA) is 66.4 Å². The molecule has 17 heavy (non-hydrogen) atoms. The molecule has 0 spiro atoms. The number of aryl methyl sites for hydroxylation is 1. The Bertz CT molecular complexity index is 425. The van der Waals surface area contributed by atoms with Gasteiger partial charge in [-0.3, -0.25) is 4.79 Å². The summed E-state index contributed by atoms with van der Waals surface area (Å²) in [6.07, 6.45) is 0.355. The van der Waals surface area contributed by atoms with Gasteiger partial charge in [-0.2, -0.15) is 0 Å². The molecule has 0 bridgehead atoms. The van der Waals surface area contributed by atoms with Gasteiger partial charge in [0.05, 0.1) is 0 Å². The highest BCUT2D eigenvalue weighted by molar-refractivity contribution is 9.10. The number of benzene rings is 1. The molecule has 1 aromatic rings. The zero-order valence-electron chi connectivity index (χ0n) is 9.66. The van der Waals surface area contributed by atoms with Crippen molar-refractivity contribution in [2.24, 2.45) is 0 Å². The fraction of sp³-hybridized carbons (Fsp3) is 0.333. The summed E-state index contributed by atoms with van der Waals surface area (Å²) in [6, 6.07) is 4.42. The number of amides is 1. The summed E-state index contributed by atoms with van der Waals surface area (Å²) >= 11 is 3.30. The van der Waals surface area contributed by atoms with Gasteiger partial charge in [0, 0.05) is 10.0 Å². The zero-order chi connectivity index (χ0) is 13.0. The van der Waals surface area contributed by atoms with Gasteiger partial charge in [-0.15, -0.1) is 0 Å². The molecule has 0 saturated heterocycles. The number of nitrogens with one attached hydrogen (secondary N) is 1. The van der Waals surface area contributed by atoms with Crippen molar-refractivity contribution in [3.63, 3.8) is 0 Å². The Morgan fingerprint density at radius 2 is 2.06 bits per heavy atom. The summed E-state index contributed by atoms with van der Waals surface area (Å²) in [5.41, 5.74) is 1.39. The van der Waals surface area contributed by atoms with Crippen molar-refractivity contribution in [1.29, 1.82) is 0 Å². The average molecular weight is 300 g/mol. The van der Waals surface area contributed by atoms with Gasteiger partial charge in [-0.25, -0.2) is 4.79 Å². The van der Waals surface area contributed by atoms with Crippen LogP contribution in [0.2, 0.25) is 0 Å². The summed E-state index contributed by atoms with van der Waals surface area (Å²) in [4.78, 5) is 22.6. The minimum atomic E-state index is -1.02. The second kappa shape index (κ2) is 5.82. The molecule has 0 aliphatic rings. The first-order valence-electron chi connectivity index (χ1n) is 5.25. The number of rotatable bonds is 4. The minimum absolute atomic E-state index is 0.355. The van der Waals surface area contributed by atoms with Gasteiger partial charge in [-0.05, 0) is 37.1 Å². The van der Waals surface area contributed by atoms with Crippen LogP contribution in [0.1, 0.15) is 29.3 Å². The Labute approximate surface area is 108 Å². The molecule has 2 N–H and O–H groups in total. The van der Waals surface area contributed by atoms with E-state index in [2.05, 4.69) is 21.2 Å². The number of carboxylic acid groups (broad SMARTS) is 1. The monoisotopic (exact) mass is 299 g/mol. The lowest BCUT2D eigenvalue weighted by molar-refractivity contribution is -0.139. The third-order valence-corrected chi connectivity index (χ3v) is 2.77. The summed E-state index contributed by atoms with van der Waals surface area (Å²) in [6.45, 7) is 3.58. The van der Waals surface area contributed by atoms with E-state index >= 15 is 0 Å². The van der Waals surface area contributed by atoms with Crippen molar-refractivity contribution in [2.75, 3.05) is 0 Å². The number of aliphatic carboxylic acids is 1. The van der Waals surface area contributed by atoms with Crippen LogP contribution in [0.15, 0.2) is 22.7 Å². The third kappa shape index (κ3) is 3.85. The van der Waals surface area contributed by atoms with Crippen LogP contribution in [-0.2, 0) is 4.79 Å². The molecule has 0 radical (unpaired) electrons. The number of carbonyl (C=O) groups excluding carboxylic acids is 1. The zero-order valence-corrected chi connectivity index (χ0v) is 11.2. The van der Waals surface area contributed by atoms with Crippen LogP contribution < -0.4 is 5.32 Å². The first-order valence-corrected chi connectivity index (χ1v) is 6.04. The van der Waals surface area contributed by atoms with Crippen LogP contribution in [-0.4, -0.2) is 23.0 Å². The number of hydrogen-bond acceptors (Lipinski definition) is 2. The lowest BCUT2D eigenvalue weighted by Crippen LogP contribution is -2.40. The first-order chi connectivity index (χ1) is 7.93. The van der Waals surface area contributed by atoms with Crippen LogP contribution in [0.4, 0.5) is 0 Å². The minimum Gasteiger partial charge on any atom is -0.480 e. The molecule has 4 nitrogen and oxygen atoms in total. The first kappa shape index (κ1) is 13.7. The van der Waals surface area contributed by atoms with Crippen molar-refractivity contribution < 1.29 is 14.7 Å². The normalized spacial score (nSPS) is 11.9. The second-order valence-electron chi connectivity index (χ2n) is 3.79. The van der Waals surface area contributed by atoms with Gasteiger partial charge in [0.15, 0.2) is 0 Å². The Morgan fingerprint density at radius 3 is 2.53 bits per heavy atom. The van der Waals surface area contributed by atoms with E-state index in [4.69, 9.17) is 5.11 Å². The molecule has 1 atom stereocenters. The van der Waals surface area contributed by atoms with E-state index in [0.29, 0.717) is 12.0 Å². The van der Waals surface area contributed by atoms with Crippen LogP contribution in [0.3, 0.4) is 0 Å². The van der Waals surface area contributed by atoms with E-state index in [1.165, 1.54) is 0 Å². The Balaban J connectivity index is 2.86. The predicted molar refractivity (Wildman–Crippen MR) is 68.1 cm³/mol. The van der Waals surface area contributed by atoms with E-state index < -0.39 is 12.0 Å². The molecule has 0 unspecified atom stereocenters. The Kier molecular flexibility index (Phi) is 4.69. The van der Waals surface area contributed by atoms with Crippen LogP contribution in [0, 0.1) is 6.92 Å². The molecule has 0 heterocycles. The van der Waals surface area contributed by atoms with Crippen LogP contribution in [0.25, 0.3) is 0 Å². The quantitative estimate of drug-likeness (QED) is 0.897. The van der Waals surface area contributed by atoms with E-state index in [-0.39, 0.29) is 5.91 Å². The molecule has 1 aromatic carbocycles. The van der Waals surface area contributed by atoms with E-state index in [1.54, 1.807) is 19.1 Å². The van der Waals surface area contributed by atoms with Crippen molar-refractivity contribution in [2.45, 2.75) is 26.3 Å². The van der Waals surface area contributed by atoms with E-state index in [1.807, 2.05) is 13.0 Å². The predicted octanol–water partition coefficient (Wildman–Crippen LogP) is 2.35. The molecule has 0 aromatic heterocycles. The summed E-state index contributed by atoms with van der Waals surface area (Å²) in [5.74, 6) is -1.39. The fourth-order valence-corrected chi connectivity index (χ4v) is 2.06. The number of halogens is 1. The Morgan fingerprint density at radius 1 is 1.41 bits per heavy atom. The number of carboxylic acids is 1. The smallest absolute Gasteiger partial charge is 0.326 e. The largest absolute Gasteiger partial charge is 0.480 e. The van der Waals surface area contributed by atoms with Gasteiger partial charge in [0.25, 0.3) is 5.91 Å². The van der Waals surface area contributed by atoms with Gasteiger partial charge in [-0.1, -0.05) is 22.9 Å². The highest BCUT2D eigenvalue weighted by atomic mass is 79.9. The van der Waals surface area contributed by atoms with Crippen molar-refractivity contribution >= 4 is 27.8 Å². The maximum Gasteiger partial charge on any atom is 0.326 e. The maximum absolute atomic E-state index is 11.8. The highest BCUT2D eigenvalue weighted by Crippen LogP contribution is 2.15. The summed E-state index contributed by atoms with van der Waals surface area (Å²) in [5, 5.41) is 11.3. The van der Waals surface area contributed by atoms with E-state index in [9.17, 15) is 9.59 Å². The fourth-order valence-electron chi connectivity index (χ4n) is 1.45. The molecule has 0 saturated carbocycles. The third-order valence-electron chi connectivity index (χ3n) is 2.32. The maximum atomic E-state index is 11.8. The molecular weight excluding hydrogens is 286 g/mol. The Hall–Kier alpha value is -1.36. The van der Waals surface area contributed by atoms with Crippen LogP contribution in [0.5, 0.6) is 0 Å². The van der Waals surface area contributed by atoms with Crippen LogP contribution >= 0.6 is 15.9 Å². The second-order valence-corrected chi connectivity index (χ2v) is 4.71. The molecule has 1 amide bonds. The van der Waals surface area contributed by atoms with E-state index in [0.717, 1.165) is 10.0 Å². The van der Waals surface area contributed by atoms with Gasteiger partial charge in [0.1, 0.15) is 6.04 Å². The molecule has 0 aliphatic carbocycles. The van der Waals surface area contributed by atoms with Gasteiger partial charge in [0.2, 0.25) is 0 Å². The highest BCUT2D eigenvalue weighted by Gasteiger charge is 2.18. The molecule has 0 fully saturated rings. The average Bonchev–Trinajstić information content (AvgIpc) is 2.23. The molecule has 92 valence electrons. The molecular formula is C12H14BrNO3. The summed E-state index contributed by atoms with van der Waals surface area (Å²) in [7, 11) is 0. The molecule has 1 rings (SSSR count). The van der Waals surface area contributed by atoms with Crippen molar-refractivity contribution in [3.8, 4) is 0 Å². The lowest BCUT2D eigenvalue weighted by Gasteiger charge is -2.12. The van der Waals surface area contributed by atoms with Crippen molar-refractivity contribution in [1.82, 2.24) is 5.32 Å². The molecule has 5 heteroatoms. The number of hydrogen-bond donors (Lipinski definition) is 2. The molecule has 0 aliphatic heterocycles. The lowest BCUT2D eigenvalue weighted by atomic mass is 10.1. The summed E-state index contributed by atoms with van der Waals surface area (Å²) < 4.78 is 0.797. The SMILES string of the molecule is CC[C@@H](NC(=O)c1cc(C)cc(Br)c1)C(=O)O. The van der Waals surface area contributed by atoms with Gasteiger partial charge < -0.3 is 10.4 Å². The number of carbonyl (C=O) groups is 2. The van der Waals surface area contributed by atoms with Gasteiger partial charge >= 0.3 is 5.97 Å². The standard InChI is InChI=1S/C12H14BrNO3/c1-3-10(12(16)17)14-11(15)8-4-7(2)5-9(13)6-8/h4-6,10H,3H2,1-2H3,(H,14,15)(H,16,17)/t10-/m1/s1. The van der Waals surface area contributed by atoms with Crippen molar-refractivity contribution in [3.05, 3.63) is 33.8 Å².